The molecule has 0 N–H and O–H groups in total. The number of unbranched alkanes of at least 4 members (excludes halogenated alkanes) is 8. The molecule has 2 heteroatoms. The largest absolute Gasteiger partial charge is 0.378 e. The van der Waals surface area contributed by atoms with Gasteiger partial charge in [-0.3, -0.25) is 0 Å². The van der Waals surface area contributed by atoms with E-state index in [1.54, 1.807) is 5.57 Å². The summed E-state index contributed by atoms with van der Waals surface area (Å²) in [6, 6.07) is 0. The van der Waals surface area contributed by atoms with Gasteiger partial charge in [0, 0.05) is 18.8 Å². The Balaban J connectivity index is 1.58. The van der Waals surface area contributed by atoms with Crippen LogP contribution in [0.15, 0.2) is 23.4 Å². The van der Waals surface area contributed by atoms with Crippen molar-refractivity contribution in [3.05, 3.63) is 23.4 Å². The molecule has 2 rings (SSSR count). The predicted molar refractivity (Wildman–Crippen MR) is 95.0 cm³/mol. The highest BCUT2D eigenvalue weighted by atomic mass is 16.5. The zero-order valence-electron chi connectivity index (χ0n) is 14.6. The fourth-order valence-corrected chi connectivity index (χ4v) is 3.52. The van der Waals surface area contributed by atoms with Crippen molar-refractivity contribution in [3.8, 4) is 0 Å². The molecule has 0 atom stereocenters. The lowest BCUT2D eigenvalue weighted by molar-refractivity contribution is 0.0549. The van der Waals surface area contributed by atoms with Crippen LogP contribution in [0.1, 0.15) is 77.6 Å². The van der Waals surface area contributed by atoms with Crippen LogP contribution in [0.4, 0.5) is 0 Å². The highest BCUT2D eigenvalue weighted by Crippen LogP contribution is 2.29. The minimum absolute atomic E-state index is 0.892. The number of allylic oxidation sites excluding steroid dienone is 3. The van der Waals surface area contributed by atoms with E-state index in [-0.39, 0.29) is 0 Å². The third kappa shape index (κ3) is 6.16. The van der Waals surface area contributed by atoms with E-state index in [2.05, 4.69) is 24.0 Å². The van der Waals surface area contributed by atoms with Crippen molar-refractivity contribution < 1.29 is 4.74 Å². The van der Waals surface area contributed by atoms with Crippen LogP contribution in [-0.4, -0.2) is 31.2 Å². The molecule has 2 nitrogen and oxygen atoms in total. The second-order valence-corrected chi connectivity index (χ2v) is 6.72. The Hall–Kier alpha value is -0.760. The minimum atomic E-state index is 0.892. The molecule has 0 saturated carbocycles. The summed E-state index contributed by atoms with van der Waals surface area (Å²) >= 11 is 0. The van der Waals surface area contributed by atoms with Gasteiger partial charge < -0.3 is 9.64 Å². The van der Waals surface area contributed by atoms with Crippen LogP contribution in [0.5, 0.6) is 0 Å². The van der Waals surface area contributed by atoms with E-state index >= 15 is 0 Å². The SMILES string of the molecule is CCCCCCCCCC/C=C1/CCC=C1N1CCOCC1. The first-order chi connectivity index (χ1) is 10.9. The molecule has 1 heterocycles. The summed E-state index contributed by atoms with van der Waals surface area (Å²) < 4.78 is 5.47. The van der Waals surface area contributed by atoms with Crippen molar-refractivity contribution in [2.75, 3.05) is 26.3 Å². The predicted octanol–water partition coefficient (Wildman–Crippen LogP) is 5.45. The maximum atomic E-state index is 5.47. The van der Waals surface area contributed by atoms with Crippen LogP contribution < -0.4 is 0 Å². The number of ether oxygens (including phenoxy) is 1. The Morgan fingerprint density at radius 2 is 1.68 bits per heavy atom. The third-order valence-electron chi connectivity index (χ3n) is 4.88. The van der Waals surface area contributed by atoms with Crippen molar-refractivity contribution >= 4 is 0 Å². The van der Waals surface area contributed by atoms with Crippen molar-refractivity contribution in [3.63, 3.8) is 0 Å². The van der Waals surface area contributed by atoms with E-state index in [1.165, 1.54) is 76.3 Å². The first kappa shape index (κ1) is 17.6. The standard InChI is InChI=1S/C20H35NO/c1-2-3-4-5-6-7-8-9-10-12-19-13-11-14-20(19)21-15-17-22-18-16-21/h12,14H,2-11,13,15-18H2,1H3/b19-12-. The van der Waals surface area contributed by atoms with Crippen molar-refractivity contribution in [1.82, 2.24) is 4.90 Å². The lowest BCUT2D eigenvalue weighted by Gasteiger charge is -2.30. The summed E-state index contributed by atoms with van der Waals surface area (Å²) in [7, 11) is 0. The zero-order valence-corrected chi connectivity index (χ0v) is 14.6. The number of hydrogen-bond acceptors (Lipinski definition) is 2. The fraction of sp³-hybridized carbons (Fsp3) is 0.800. The fourth-order valence-electron chi connectivity index (χ4n) is 3.52. The monoisotopic (exact) mass is 305 g/mol. The zero-order chi connectivity index (χ0) is 15.5. The first-order valence-corrected chi connectivity index (χ1v) is 9.64. The number of hydrogen-bond donors (Lipinski definition) is 0. The highest BCUT2D eigenvalue weighted by molar-refractivity contribution is 5.35. The smallest absolute Gasteiger partial charge is 0.0642 e. The minimum Gasteiger partial charge on any atom is -0.378 e. The molecule has 0 aromatic rings. The van der Waals surface area contributed by atoms with Gasteiger partial charge in [-0.25, -0.2) is 0 Å². The molecule has 2 aliphatic rings. The number of morpholine rings is 1. The average molecular weight is 306 g/mol. The maximum Gasteiger partial charge on any atom is 0.0642 e. The lowest BCUT2D eigenvalue weighted by atomic mass is 10.1. The van der Waals surface area contributed by atoms with Gasteiger partial charge in [-0.15, -0.1) is 0 Å². The van der Waals surface area contributed by atoms with E-state index in [4.69, 9.17) is 4.74 Å². The van der Waals surface area contributed by atoms with Gasteiger partial charge in [0.1, 0.15) is 0 Å². The normalized spacial score (nSPS) is 20.7. The molecule has 1 saturated heterocycles. The second-order valence-electron chi connectivity index (χ2n) is 6.72. The van der Waals surface area contributed by atoms with Crippen LogP contribution in [0.25, 0.3) is 0 Å². The summed E-state index contributed by atoms with van der Waals surface area (Å²) in [5.74, 6) is 0. The molecule has 0 radical (unpaired) electrons. The topological polar surface area (TPSA) is 12.5 Å². The third-order valence-corrected chi connectivity index (χ3v) is 4.88. The van der Waals surface area contributed by atoms with Gasteiger partial charge in [0.05, 0.1) is 13.2 Å². The molecule has 0 bridgehead atoms. The average Bonchev–Trinajstić information content (AvgIpc) is 3.02. The van der Waals surface area contributed by atoms with Crippen molar-refractivity contribution in [2.24, 2.45) is 0 Å². The lowest BCUT2D eigenvalue weighted by Crippen LogP contribution is -2.35. The molecular weight excluding hydrogens is 270 g/mol. The van der Waals surface area contributed by atoms with Gasteiger partial charge in [0.15, 0.2) is 0 Å². The number of nitrogens with zero attached hydrogens (tertiary/aromatic N) is 1. The summed E-state index contributed by atoms with van der Waals surface area (Å²) in [6.45, 7) is 6.21. The van der Waals surface area contributed by atoms with Gasteiger partial charge in [0.25, 0.3) is 0 Å². The molecule has 126 valence electrons. The van der Waals surface area contributed by atoms with Gasteiger partial charge in [-0.05, 0) is 31.3 Å². The Morgan fingerprint density at radius 1 is 1.00 bits per heavy atom. The summed E-state index contributed by atoms with van der Waals surface area (Å²) in [6.07, 6.45) is 20.0. The Morgan fingerprint density at radius 3 is 2.41 bits per heavy atom. The van der Waals surface area contributed by atoms with Crippen LogP contribution in [0.3, 0.4) is 0 Å². The highest BCUT2D eigenvalue weighted by Gasteiger charge is 2.19. The van der Waals surface area contributed by atoms with Crippen molar-refractivity contribution in [2.45, 2.75) is 77.6 Å². The van der Waals surface area contributed by atoms with Crippen LogP contribution >= 0.6 is 0 Å². The molecule has 22 heavy (non-hydrogen) atoms. The molecule has 1 aliphatic heterocycles. The van der Waals surface area contributed by atoms with E-state index in [0.29, 0.717) is 0 Å². The van der Waals surface area contributed by atoms with Gasteiger partial charge in [-0.2, -0.15) is 0 Å². The van der Waals surface area contributed by atoms with Crippen molar-refractivity contribution in [1.29, 1.82) is 0 Å². The van der Waals surface area contributed by atoms with E-state index in [0.717, 1.165) is 26.3 Å². The summed E-state index contributed by atoms with van der Waals surface area (Å²) in [5, 5.41) is 0. The molecule has 0 unspecified atom stereocenters. The van der Waals surface area contributed by atoms with Crippen LogP contribution in [-0.2, 0) is 4.74 Å². The summed E-state index contributed by atoms with van der Waals surface area (Å²) in [5.41, 5.74) is 3.12. The molecule has 0 spiro atoms. The first-order valence-electron chi connectivity index (χ1n) is 9.64. The maximum absolute atomic E-state index is 5.47. The quantitative estimate of drug-likeness (QED) is 0.497. The van der Waals surface area contributed by atoms with E-state index in [1.807, 2.05) is 0 Å². The molecule has 1 fully saturated rings. The molecule has 0 aromatic heterocycles. The van der Waals surface area contributed by atoms with Gasteiger partial charge in [-0.1, -0.05) is 64.0 Å². The van der Waals surface area contributed by atoms with Crippen LogP contribution in [0, 0.1) is 0 Å². The van der Waals surface area contributed by atoms with Crippen LogP contribution in [0.2, 0.25) is 0 Å². The molecule has 0 amide bonds. The molecule has 1 aliphatic carbocycles. The Bertz CT molecular complexity index is 353. The molecular formula is C20H35NO. The van der Waals surface area contributed by atoms with Gasteiger partial charge >= 0.3 is 0 Å². The number of rotatable bonds is 10. The summed E-state index contributed by atoms with van der Waals surface area (Å²) in [4.78, 5) is 2.52. The Kier molecular flexibility index (Phi) is 8.70. The van der Waals surface area contributed by atoms with E-state index < -0.39 is 0 Å². The van der Waals surface area contributed by atoms with Gasteiger partial charge in [0.2, 0.25) is 0 Å². The van der Waals surface area contributed by atoms with E-state index in [9.17, 15) is 0 Å². The molecule has 0 aromatic carbocycles. The second kappa shape index (κ2) is 10.9. The Labute approximate surface area is 137 Å².